The van der Waals surface area contributed by atoms with Gasteiger partial charge in [0.15, 0.2) is 20.1 Å². The zero-order valence-electron chi connectivity index (χ0n) is 22.5. The van der Waals surface area contributed by atoms with Crippen LogP contribution >= 0.6 is 23.5 Å². The molecule has 0 aliphatic heterocycles. The molecule has 1 aliphatic rings. The van der Waals surface area contributed by atoms with Crippen molar-refractivity contribution in [1.82, 2.24) is 4.57 Å². The summed E-state index contributed by atoms with van der Waals surface area (Å²) in [6, 6.07) is 23.0. The summed E-state index contributed by atoms with van der Waals surface area (Å²) in [5.41, 5.74) is 1.97. The Balaban J connectivity index is 0.00000112. The molecule has 4 nitrogen and oxygen atoms in total. The van der Waals surface area contributed by atoms with E-state index in [1.165, 1.54) is 19.6 Å². The third-order valence-corrected chi connectivity index (χ3v) is 10.3. The summed E-state index contributed by atoms with van der Waals surface area (Å²) in [5, 5.41) is 18.3. The molecule has 1 unspecified atom stereocenters. The number of aliphatic hydroxyl groups is 2. The fourth-order valence-corrected chi connectivity index (χ4v) is 7.73. The number of aliphatic hydroxyl groups excluding tert-OH is 2. The van der Waals surface area contributed by atoms with Crippen molar-refractivity contribution in [2.75, 3.05) is 25.2 Å². The largest absolute Gasteiger partial charge is 0.397 e. The molecule has 0 saturated heterocycles. The lowest BCUT2D eigenvalue weighted by molar-refractivity contribution is 0.318. The maximum absolute atomic E-state index is 13.5. The van der Waals surface area contributed by atoms with Crippen molar-refractivity contribution in [3.8, 4) is 0 Å². The van der Waals surface area contributed by atoms with Crippen molar-refractivity contribution in [3.05, 3.63) is 111 Å². The van der Waals surface area contributed by atoms with Gasteiger partial charge in [0, 0.05) is 40.7 Å². The molecule has 1 aromatic heterocycles. The molecule has 0 saturated carbocycles. The molecule has 1 atom stereocenters. The molecule has 0 amide bonds. The van der Waals surface area contributed by atoms with Gasteiger partial charge >= 0.3 is 0 Å². The number of nitrogens with zero attached hydrogens (tertiary/aromatic N) is 1. The summed E-state index contributed by atoms with van der Waals surface area (Å²) in [4.78, 5) is 19.5. The first-order valence-electron chi connectivity index (χ1n) is 12.8. The van der Waals surface area contributed by atoms with E-state index >= 15 is 0 Å². The number of aromatic nitrogens is 1. The number of allylic oxidation sites excluding steroid dienone is 4. The molecule has 7 heteroatoms. The Morgan fingerprint density at radius 1 is 0.897 bits per heavy atom. The summed E-state index contributed by atoms with van der Waals surface area (Å²) in [5.74, 6) is 0.690. The Bertz CT molecular complexity index is 1590. The minimum absolute atomic E-state index is 0.0802. The molecule has 0 spiro atoms. The van der Waals surface area contributed by atoms with Crippen LogP contribution in [0.2, 0.25) is 0 Å². The second-order valence-corrected chi connectivity index (χ2v) is 12.8. The summed E-state index contributed by atoms with van der Waals surface area (Å²) in [6.45, 7) is 2.10. The molecule has 4 aromatic rings. The van der Waals surface area contributed by atoms with Crippen LogP contribution in [-0.4, -0.2) is 40.0 Å². The second kappa shape index (κ2) is 14.1. The molecular formula is C32H34NO3S3+. The van der Waals surface area contributed by atoms with E-state index in [1.54, 1.807) is 30.4 Å². The molecule has 0 radical (unpaired) electrons. The lowest BCUT2D eigenvalue weighted by Crippen LogP contribution is -2.11. The highest BCUT2D eigenvalue weighted by atomic mass is 32.2. The third kappa shape index (κ3) is 6.73. The SMILES string of the molecule is CCO.CSc1ccc([S+](C2=CCC=C(SCCO)C=C2)c2ccc3c(c2)c(=O)c2ccccc2n3C)cc1. The smallest absolute Gasteiger partial charge is 0.197 e. The lowest BCUT2D eigenvalue weighted by atomic mass is 10.1. The van der Waals surface area contributed by atoms with E-state index in [4.69, 9.17) is 5.11 Å². The Hall–Kier alpha value is -2.68. The summed E-state index contributed by atoms with van der Waals surface area (Å²) < 4.78 is 2.11. The highest BCUT2D eigenvalue weighted by Crippen LogP contribution is 2.36. The molecular weight excluding hydrogens is 543 g/mol. The minimum atomic E-state index is -0.359. The molecule has 1 heterocycles. The van der Waals surface area contributed by atoms with Crippen LogP contribution in [0.15, 0.2) is 120 Å². The van der Waals surface area contributed by atoms with Gasteiger partial charge in [0.25, 0.3) is 0 Å². The van der Waals surface area contributed by atoms with Crippen LogP contribution in [0.25, 0.3) is 21.8 Å². The van der Waals surface area contributed by atoms with Crippen molar-refractivity contribution < 1.29 is 10.2 Å². The van der Waals surface area contributed by atoms with Gasteiger partial charge in [-0.1, -0.05) is 18.2 Å². The van der Waals surface area contributed by atoms with Crippen molar-refractivity contribution in [3.63, 3.8) is 0 Å². The first-order valence-corrected chi connectivity index (χ1v) is 16.3. The van der Waals surface area contributed by atoms with Crippen LogP contribution in [0.4, 0.5) is 0 Å². The van der Waals surface area contributed by atoms with E-state index in [0.29, 0.717) is 5.75 Å². The number of hydrogen-bond donors (Lipinski definition) is 2. The van der Waals surface area contributed by atoms with E-state index in [2.05, 4.69) is 77.6 Å². The van der Waals surface area contributed by atoms with Crippen molar-refractivity contribution in [2.45, 2.75) is 28.0 Å². The Labute approximate surface area is 241 Å². The first-order chi connectivity index (χ1) is 19.0. The van der Waals surface area contributed by atoms with Crippen molar-refractivity contribution in [2.24, 2.45) is 7.05 Å². The lowest BCUT2D eigenvalue weighted by Gasteiger charge is -2.13. The Morgan fingerprint density at radius 3 is 2.31 bits per heavy atom. The number of para-hydroxylation sites is 1. The van der Waals surface area contributed by atoms with E-state index in [1.807, 2.05) is 31.3 Å². The highest BCUT2D eigenvalue weighted by Gasteiger charge is 2.31. The molecule has 5 rings (SSSR count). The number of aryl methyl sites for hydroxylation is 1. The van der Waals surface area contributed by atoms with Crippen LogP contribution in [-0.2, 0) is 17.9 Å². The third-order valence-electron chi connectivity index (χ3n) is 6.26. The molecule has 1 aliphatic carbocycles. The Morgan fingerprint density at radius 2 is 1.59 bits per heavy atom. The normalized spacial score (nSPS) is 13.9. The summed E-state index contributed by atoms with van der Waals surface area (Å²) in [6.07, 6.45) is 11.8. The van der Waals surface area contributed by atoms with Crippen LogP contribution in [0.5, 0.6) is 0 Å². The monoisotopic (exact) mass is 576 g/mol. The second-order valence-electron chi connectivity index (χ2n) is 8.74. The molecule has 0 bridgehead atoms. The number of rotatable bonds is 7. The molecule has 0 fully saturated rings. The first kappa shape index (κ1) is 29.3. The van der Waals surface area contributed by atoms with Crippen LogP contribution in [0.3, 0.4) is 0 Å². The predicted molar refractivity (Wildman–Crippen MR) is 171 cm³/mol. The number of pyridine rings is 1. The van der Waals surface area contributed by atoms with Gasteiger partial charge in [-0.15, -0.1) is 23.5 Å². The number of fused-ring (bicyclic) bond motifs is 2. The highest BCUT2D eigenvalue weighted by molar-refractivity contribution is 8.03. The quantitative estimate of drug-likeness (QED) is 0.142. The number of hydrogen-bond acceptors (Lipinski definition) is 5. The number of thioether (sulfide) groups is 2. The maximum Gasteiger partial charge on any atom is 0.197 e. The van der Waals surface area contributed by atoms with Crippen LogP contribution in [0, 0.1) is 0 Å². The van der Waals surface area contributed by atoms with Gasteiger partial charge in [-0.25, -0.2) is 0 Å². The fraction of sp³-hybridized carbons (Fsp3) is 0.219. The van der Waals surface area contributed by atoms with Gasteiger partial charge in [-0.3, -0.25) is 4.79 Å². The molecule has 3 aromatic carbocycles. The topological polar surface area (TPSA) is 62.5 Å². The maximum atomic E-state index is 13.5. The van der Waals surface area contributed by atoms with E-state index in [9.17, 15) is 9.90 Å². The van der Waals surface area contributed by atoms with Gasteiger partial charge in [0.1, 0.15) is 0 Å². The Kier molecular flexibility index (Phi) is 10.6. The van der Waals surface area contributed by atoms with Gasteiger partial charge in [-0.05, 0) is 86.4 Å². The van der Waals surface area contributed by atoms with E-state index < -0.39 is 0 Å². The minimum Gasteiger partial charge on any atom is -0.397 e. The zero-order valence-corrected chi connectivity index (χ0v) is 24.9. The van der Waals surface area contributed by atoms with Gasteiger partial charge in [-0.2, -0.15) is 0 Å². The standard InChI is InChI=1S/C30H28NO2S3.C2H6O/c1-31-28-9-4-3-8-26(28)30(33)27-20-25(16-17-29(27)31)36(24-13-10-21(34-2)11-14-24)23-7-5-6-22(12-15-23)35-19-18-32;1-2-3/h3-4,6-17,20,32H,5,18-19H2,1-2H3;3H,2H2,1H3/q+1;. The van der Waals surface area contributed by atoms with Crippen LogP contribution in [0.1, 0.15) is 13.3 Å². The zero-order chi connectivity index (χ0) is 27.8. The van der Waals surface area contributed by atoms with Gasteiger partial charge in [0.2, 0.25) is 0 Å². The summed E-state index contributed by atoms with van der Waals surface area (Å²) >= 11 is 3.41. The fourth-order valence-electron chi connectivity index (χ4n) is 4.48. The average molecular weight is 577 g/mol. The predicted octanol–water partition coefficient (Wildman–Crippen LogP) is 6.90. The molecule has 39 heavy (non-hydrogen) atoms. The summed E-state index contributed by atoms with van der Waals surface area (Å²) in [7, 11) is 1.67. The molecule has 202 valence electrons. The molecule has 2 N–H and O–H groups in total. The van der Waals surface area contributed by atoms with Gasteiger partial charge < -0.3 is 14.8 Å². The van der Waals surface area contributed by atoms with E-state index in [-0.39, 0.29) is 29.5 Å². The number of benzene rings is 3. The van der Waals surface area contributed by atoms with E-state index in [0.717, 1.165) is 33.1 Å². The van der Waals surface area contributed by atoms with Crippen molar-refractivity contribution in [1.29, 1.82) is 0 Å². The van der Waals surface area contributed by atoms with Crippen molar-refractivity contribution >= 4 is 56.2 Å². The van der Waals surface area contributed by atoms with Gasteiger partial charge in [0.05, 0.1) is 33.9 Å². The van der Waals surface area contributed by atoms with Crippen LogP contribution < -0.4 is 5.43 Å². The average Bonchev–Trinajstić information content (AvgIpc) is 3.21.